The van der Waals surface area contributed by atoms with Gasteiger partial charge in [0, 0.05) is 25.1 Å². The molecule has 0 saturated carbocycles. The highest BCUT2D eigenvalue weighted by molar-refractivity contribution is 5.90. The number of hydrogen-bond acceptors (Lipinski definition) is 5. The van der Waals surface area contributed by atoms with Crippen LogP contribution in [0.15, 0.2) is 42.7 Å². The SMILES string of the molecule is CNc1ccc(OCC(=O)Nc2ncccn2)cc1. The minimum Gasteiger partial charge on any atom is -0.484 e. The summed E-state index contributed by atoms with van der Waals surface area (Å²) in [7, 11) is 1.84. The molecule has 2 aromatic rings. The molecule has 1 heterocycles. The number of nitrogens with zero attached hydrogens (tertiary/aromatic N) is 2. The molecule has 6 heteroatoms. The van der Waals surface area contributed by atoms with Gasteiger partial charge in [-0.25, -0.2) is 9.97 Å². The third-order valence-electron chi connectivity index (χ3n) is 2.33. The Morgan fingerprint density at radius 1 is 1.21 bits per heavy atom. The smallest absolute Gasteiger partial charge is 0.264 e. The van der Waals surface area contributed by atoms with E-state index in [4.69, 9.17) is 4.74 Å². The van der Waals surface area contributed by atoms with Crippen molar-refractivity contribution in [3.8, 4) is 5.75 Å². The summed E-state index contributed by atoms with van der Waals surface area (Å²) in [5, 5.41) is 5.54. The lowest BCUT2D eigenvalue weighted by Gasteiger charge is -2.07. The molecule has 0 bridgehead atoms. The molecule has 0 saturated heterocycles. The van der Waals surface area contributed by atoms with Crippen LogP contribution in [-0.2, 0) is 4.79 Å². The lowest BCUT2D eigenvalue weighted by atomic mass is 10.3. The quantitative estimate of drug-likeness (QED) is 0.850. The van der Waals surface area contributed by atoms with E-state index in [0.29, 0.717) is 5.75 Å². The average molecular weight is 258 g/mol. The third kappa shape index (κ3) is 3.95. The van der Waals surface area contributed by atoms with Crippen LogP contribution in [0.2, 0.25) is 0 Å². The molecule has 0 radical (unpaired) electrons. The first-order valence-corrected chi connectivity index (χ1v) is 5.75. The number of anilines is 2. The molecule has 0 fully saturated rings. The molecular weight excluding hydrogens is 244 g/mol. The molecule has 1 amide bonds. The van der Waals surface area contributed by atoms with E-state index in [2.05, 4.69) is 20.6 Å². The van der Waals surface area contributed by atoms with Crippen molar-refractivity contribution in [3.05, 3.63) is 42.7 Å². The number of hydrogen-bond donors (Lipinski definition) is 2. The van der Waals surface area contributed by atoms with Crippen molar-refractivity contribution in [2.45, 2.75) is 0 Å². The summed E-state index contributed by atoms with van der Waals surface area (Å²) in [5.41, 5.74) is 0.981. The van der Waals surface area contributed by atoms with Gasteiger partial charge in [0.1, 0.15) is 5.75 Å². The maximum Gasteiger partial charge on any atom is 0.264 e. The number of carbonyl (C=O) groups excluding carboxylic acids is 1. The van der Waals surface area contributed by atoms with Crippen molar-refractivity contribution in [1.82, 2.24) is 9.97 Å². The highest BCUT2D eigenvalue weighted by atomic mass is 16.5. The van der Waals surface area contributed by atoms with Crippen LogP contribution in [0.1, 0.15) is 0 Å². The lowest BCUT2D eigenvalue weighted by molar-refractivity contribution is -0.118. The van der Waals surface area contributed by atoms with Crippen LogP contribution in [0.25, 0.3) is 0 Å². The zero-order valence-electron chi connectivity index (χ0n) is 10.5. The number of nitrogens with one attached hydrogen (secondary N) is 2. The molecule has 0 aliphatic heterocycles. The van der Waals surface area contributed by atoms with E-state index in [1.165, 1.54) is 0 Å². The van der Waals surface area contributed by atoms with Crippen molar-refractivity contribution >= 4 is 17.5 Å². The van der Waals surface area contributed by atoms with E-state index in [-0.39, 0.29) is 18.5 Å². The fourth-order valence-corrected chi connectivity index (χ4v) is 1.39. The zero-order valence-corrected chi connectivity index (χ0v) is 10.5. The van der Waals surface area contributed by atoms with Gasteiger partial charge in [0.2, 0.25) is 5.95 Å². The fraction of sp³-hybridized carbons (Fsp3) is 0.154. The van der Waals surface area contributed by atoms with Gasteiger partial charge in [0.25, 0.3) is 5.91 Å². The van der Waals surface area contributed by atoms with Crippen LogP contribution in [0.4, 0.5) is 11.6 Å². The second kappa shape index (κ2) is 6.34. The second-order valence-electron chi connectivity index (χ2n) is 3.68. The normalized spacial score (nSPS) is 9.74. The lowest BCUT2D eigenvalue weighted by Crippen LogP contribution is -2.21. The van der Waals surface area contributed by atoms with Gasteiger partial charge in [-0.05, 0) is 30.3 Å². The zero-order chi connectivity index (χ0) is 13.5. The summed E-state index contributed by atoms with van der Waals surface area (Å²) in [6.07, 6.45) is 3.11. The minimum atomic E-state index is -0.302. The number of benzene rings is 1. The van der Waals surface area contributed by atoms with Gasteiger partial charge in [-0.3, -0.25) is 10.1 Å². The Labute approximate surface area is 110 Å². The van der Waals surface area contributed by atoms with Crippen molar-refractivity contribution in [3.63, 3.8) is 0 Å². The molecule has 98 valence electrons. The molecule has 1 aromatic carbocycles. The molecule has 0 aliphatic rings. The molecule has 1 aromatic heterocycles. The third-order valence-corrected chi connectivity index (χ3v) is 2.33. The van der Waals surface area contributed by atoms with Gasteiger partial charge in [0.15, 0.2) is 6.61 Å². The van der Waals surface area contributed by atoms with Crippen LogP contribution in [-0.4, -0.2) is 29.5 Å². The minimum absolute atomic E-state index is 0.0862. The van der Waals surface area contributed by atoms with Gasteiger partial charge in [0.05, 0.1) is 0 Å². The van der Waals surface area contributed by atoms with E-state index in [0.717, 1.165) is 5.69 Å². The van der Waals surface area contributed by atoms with E-state index in [1.54, 1.807) is 30.6 Å². The first-order chi connectivity index (χ1) is 9.28. The number of aromatic nitrogens is 2. The predicted octanol–water partition coefficient (Wildman–Crippen LogP) is 1.54. The van der Waals surface area contributed by atoms with Crippen molar-refractivity contribution in [2.75, 3.05) is 24.3 Å². The Balaban J connectivity index is 1.83. The van der Waals surface area contributed by atoms with E-state index < -0.39 is 0 Å². The average Bonchev–Trinajstić information content (AvgIpc) is 2.47. The summed E-state index contributed by atoms with van der Waals surface area (Å²) in [5.74, 6) is 0.591. The Morgan fingerprint density at radius 2 is 1.89 bits per heavy atom. The molecule has 2 N–H and O–H groups in total. The van der Waals surface area contributed by atoms with Crippen LogP contribution in [0.3, 0.4) is 0 Å². The Kier molecular flexibility index (Phi) is 4.28. The largest absolute Gasteiger partial charge is 0.484 e. The highest BCUT2D eigenvalue weighted by Gasteiger charge is 2.04. The van der Waals surface area contributed by atoms with Crippen molar-refractivity contribution in [1.29, 1.82) is 0 Å². The van der Waals surface area contributed by atoms with Crippen LogP contribution in [0, 0.1) is 0 Å². The molecule has 0 spiro atoms. The molecular formula is C13H14N4O2. The first kappa shape index (κ1) is 12.8. The highest BCUT2D eigenvalue weighted by Crippen LogP contribution is 2.14. The molecule has 0 aliphatic carbocycles. The molecule has 19 heavy (non-hydrogen) atoms. The first-order valence-electron chi connectivity index (χ1n) is 5.75. The monoisotopic (exact) mass is 258 g/mol. The topological polar surface area (TPSA) is 76.1 Å². The molecule has 0 unspecified atom stereocenters. The van der Waals surface area contributed by atoms with Gasteiger partial charge in [-0.2, -0.15) is 0 Å². The summed E-state index contributed by atoms with van der Waals surface area (Å²) in [6.45, 7) is -0.0862. The van der Waals surface area contributed by atoms with Crippen LogP contribution < -0.4 is 15.4 Å². The van der Waals surface area contributed by atoms with E-state index >= 15 is 0 Å². The van der Waals surface area contributed by atoms with E-state index in [1.807, 2.05) is 19.2 Å². The number of rotatable bonds is 5. The van der Waals surface area contributed by atoms with Crippen LogP contribution in [0.5, 0.6) is 5.75 Å². The standard InChI is InChI=1S/C13H14N4O2/c1-14-10-3-5-11(6-4-10)19-9-12(18)17-13-15-7-2-8-16-13/h2-8,14H,9H2,1H3,(H,15,16,17,18). The Hall–Kier alpha value is -2.63. The summed E-state index contributed by atoms with van der Waals surface area (Å²) in [6, 6.07) is 8.99. The Bertz CT molecular complexity index is 528. The van der Waals surface area contributed by atoms with E-state index in [9.17, 15) is 4.79 Å². The number of ether oxygens (including phenoxy) is 1. The molecule has 2 rings (SSSR count). The summed E-state index contributed by atoms with van der Waals surface area (Å²) < 4.78 is 5.34. The maximum absolute atomic E-state index is 11.6. The second-order valence-corrected chi connectivity index (χ2v) is 3.68. The van der Waals surface area contributed by atoms with Crippen molar-refractivity contribution in [2.24, 2.45) is 0 Å². The number of amides is 1. The summed E-state index contributed by atoms with van der Waals surface area (Å²) in [4.78, 5) is 19.4. The van der Waals surface area contributed by atoms with Gasteiger partial charge in [-0.1, -0.05) is 0 Å². The van der Waals surface area contributed by atoms with Gasteiger partial charge >= 0.3 is 0 Å². The van der Waals surface area contributed by atoms with Crippen LogP contribution >= 0.6 is 0 Å². The molecule has 6 nitrogen and oxygen atoms in total. The van der Waals surface area contributed by atoms with Gasteiger partial charge in [-0.15, -0.1) is 0 Å². The number of carbonyl (C=O) groups is 1. The molecule has 0 atom stereocenters. The van der Waals surface area contributed by atoms with Crippen molar-refractivity contribution < 1.29 is 9.53 Å². The maximum atomic E-state index is 11.6. The summed E-state index contributed by atoms with van der Waals surface area (Å²) >= 11 is 0. The Morgan fingerprint density at radius 3 is 2.53 bits per heavy atom. The predicted molar refractivity (Wildman–Crippen MR) is 72.1 cm³/mol. The fourth-order valence-electron chi connectivity index (χ4n) is 1.39. The van der Waals surface area contributed by atoms with Gasteiger partial charge < -0.3 is 10.1 Å².